The molecule has 0 aromatic heterocycles. The van der Waals surface area contributed by atoms with Crippen molar-refractivity contribution >= 4 is 11.9 Å². The summed E-state index contributed by atoms with van der Waals surface area (Å²) in [4.78, 5) is 22.7. The molecule has 1 aromatic carbocycles. The first-order valence-electron chi connectivity index (χ1n) is 6.31. The predicted molar refractivity (Wildman–Crippen MR) is 69.8 cm³/mol. The Morgan fingerprint density at radius 1 is 1.29 bits per heavy atom. The number of rotatable bonds is 5. The zero-order valence-electron chi connectivity index (χ0n) is 11.6. The van der Waals surface area contributed by atoms with Crippen LogP contribution in [0.4, 0.5) is 13.2 Å². The summed E-state index contributed by atoms with van der Waals surface area (Å²) < 4.78 is 37.8. The Morgan fingerprint density at radius 3 is 2.38 bits per heavy atom. The van der Waals surface area contributed by atoms with Crippen molar-refractivity contribution in [2.75, 3.05) is 0 Å². The summed E-state index contributed by atoms with van der Waals surface area (Å²) in [5.74, 6) is -1.96. The maximum absolute atomic E-state index is 12.6. The molecule has 4 nitrogen and oxygen atoms in total. The van der Waals surface area contributed by atoms with Crippen LogP contribution in [0, 0.1) is 5.92 Å². The minimum absolute atomic E-state index is 0.152. The summed E-state index contributed by atoms with van der Waals surface area (Å²) in [7, 11) is 0. The fraction of sp³-hybridized carbons (Fsp3) is 0.429. The Kier molecular flexibility index (Phi) is 5.34. The molecule has 1 atom stereocenters. The first kappa shape index (κ1) is 17.0. The first-order valence-corrected chi connectivity index (χ1v) is 6.31. The molecule has 1 aromatic rings. The van der Waals surface area contributed by atoms with Crippen LogP contribution < -0.4 is 5.32 Å². The first-order chi connectivity index (χ1) is 9.61. The third-order valence-corrected chi connectivity index (χ3v) is 2.97. The zero-order valence-corrected chi connectivity index (χ0v) is 11.6. The van der Waals surface area contributed by atoms with Gasteiger partial charge in [0.2, 0.25) is 0 Å². The van der Waals surface area contributed by atoms with E-state index in [9.17, 15) is 22.8 Å². The van der Waals surface area contributed by atoms with Crippen molar-refractivity contribution in [2.24, 2.45) is 5.92 Å². The number of aliphatic carboxylic acids is 1. The van der Waals surface area contributed by atoms with Gasteiger partial charge >= 0.3 is 12.1 Å². The summed E-state index contributed by atoms with van der Waals surface area (Å²) in [5.41, 5.74) is -1.07. The quantitative estimate of drug-likeness (QED) is 0.879. The maximum atomic E-state index is 12.6. The molecule has 0 saturated carbocycles. The molecular weight excluding hydrogens is 287 g/mol. The van der Waals surface area contributed by atoms with Crippen molar-refractivity contribution in [3.8, 4) is 0 Å². The van der Waals surface area contributed by atoms with E-state index in [1.54, 1.807) is 13.8 Å². The monoisotopic (exact) mass is 303 g/mol. The lowest BCUT2D eigenvalue weighted by Gasteiger charge is -2.20. The number of amides is 1. The highest BCUT2D eigenvalue weighted by atomic mass is 19.4. The van der Waals surface area contributed by atoms with E-state index in [1.165, 1.54) is 6.07 Å². The molecule has 0 radical (unpaired) electrons. The van der Waals surface area contributed by atoms with Crippen LogP contribution in [0.15, 0.2) is 24.3 Å². The van der Waals surface area contributed by atoms with E-state index in [2.05, 4.69) is 5.32 Å². The second-order valence-electron chi connectivity index (χ2n) is 5.00. The van der Waals surface area contributed by atoms with Crippen LogP contribution in [-0.4, -0.2) is 23.0 Å². The van der Waals surface area contributed by atoms with E-state index in [4.69, 9.17) is 5.11 Å². The van der Waals surface area contributed by atoms with Crippen molar-refractivity contribution in [3.63, 3.8) is 0 Å². The van der Waals surface area contributed by atoms with Crippen LogP contribution in [-0.2, 0) is 11.0 Å². The number of carboxylic acids is 1. The lowest BCUT2D eigenvalue weighted by Crippen LogP contribution is -2.40. The second kappa shape index (κ2) is 6.60. The van der Waals surface area contributed by atoms with Gasteiger partial charge in [0.05, 0.1) is 12.0 Å². The van der Waals surface area contributed by atoms with Crippen molar-refractivity contribution in [1.29, 1.82) is 0 Å². The molecule has 2 N–H and O–H groups in total. The van der Waals surface area contributed by atoms with Gasteiger partial charge in [0.15, 0.2) is 0 Å². The van der Waals surface area contributed by atoms with E-state index >= 15 is 0 Å². The Hall–Kier alpha value is -2.05. The minimum Gasteiger partial charge on any atom is -0.481 e. The van der Waals surface area contributed by atoms with Crippen LogP contribution in [0.3, 0.4) is 0 Å². The molecular formula is C14H16F3NO3. The summed E-state index contributed by atoms with van der Waals surface area (Å²) in [6.07, 6.45) is -4.82. The van der Waals surface area contributed by atoms with Gasteiger partial charge in [0.1, 0.15) is 0 Å². The molecule has 1 unspecified atom stereocenters. The lowest BCUT2D eigenvalue weighted by molar-refractivity contribution is -0.138. The van der Waals surface area contributed by atoms with Gasteiger partial charge in [-0.05, 0) is 24.1 Å². The largest absolute Gasteiger partial charge is 0.481 e. The van der Waals surface area contributed by atoms with Gasteiger partial charge in [-0.25, -0.2) is 0 Å². The number of carbonyl (C=O) groups is 2. The van der Waals surface area contributed by atoms with Crippen molar-refractivity contribution in [3.05, 3.63) is 35.4 Å². The number of alkyl halides is 3. The van der Waals surface area contributed by atoms with E-state index in [0.717, 1.165) is 18.2 Å². The minimum atomic E-state index is -4.53. The van der Waals surface area contributed by atoms with Crippen LogP contribution in [0.2, 0.25) is 0 Å². The van der Waals surface area contributed by atoms with Crippen molar-refractivity contribution < 1.29 is 27.9 Å². The molecule has 0 spiro atoms. The normalized spacial score (nSPS) is 13.0. The second-order valence-corrected chi connectivity index (χ2v) is 5.00. The number of halogens is 3. The average Bonchev–Trinajstić information content (AvgIpc) is 2.36. The van der Waals surface area contributed by atoms with Gasteiger partial charge in [-0.1, -0.05) is 19.9 Å². The van der Waals surface area contributed by atoms with Gasteiger partial charge in [0, 0.05) is 11.6 Å². The summed E-state index contributed by atoms with van der Waals surface area (Å²) in [6.45, 7) is 3.44. The summed E-state index contributed by atoms with van der Waals surface area (Å²) in [5, 5.41) is 11.2. The van der Waals surface area contributed by atoms with Gasteiger partial charge in [0.25, 0.3) is 5.91 Å². The van der Waals surface area contributed by atoms with Crippen LogP contribution >= 0.6 is 0 Å². The molecule has 116 valence electrons. The molecule has 1 amide bonds. The molecule has 0 aliphatic heterocycles. The lowest BCUT2D eigenvalue weighted by atomic mass is 10.00. The fourth-order valence-corrected chi connectivity index (χ4v) is 1.73. The number of benzene rings is 1. The van der Waals surface area contributed by atoms with Gasteiger partial charge in [-0.15, -0.1) is 0 Å². The molecule has 1 rings (SSSR count). The van der Waals surface area contributed by atoms with E-state index in [1.807, 2.05) is 0 Å². The standard InChI is InChI=1S/C14H16F3NO3/c1-8(2)11(7-12(19)20)18-13(21)9-4-3-5-10(6-9)14(15,16)17/h3-6,8,11H,7H2,1-2H3,(H,18,21)(H,19,20). The molecule has 21 heavy (non-hydrogen) atoms. The smallest absolute Gasteiger partial charge is 0.416 e. The molecule has 0 bridgehead atoms. The van der Waals surface area contributed by atoms with Crippen LogP contribution in [0.1, 0.15) is 36.2 Å². The molecule has 0 fully saturated rings. The fourth-order valence-electron chi connectivity index (χ4n) is 1.73. The highest BCUT2D eigenvalue weighted by Gasteiger charge is 2.31. The van der Waals surface area contributed by atoms with Crippen molar-refractivity contribution in [2.45, 2.75) is 32.5 Å². The molecule has 7 heteroatoms. The topological polar surface area (TPSA) is 66.4 Å². The summed E-state index contributed by atoms with van der Waals surface area (Å²) in [6, 6.07) is 3.35. The maximum Gasteiger partial charge on any atom is 0.416 e. The Morgan fingerprint density at radius 2 is 1.90 bits per heavy atom. The van der Waals surface area contributed by atoms with Crippen molar-refractivity contribution in [1.82, 2.24) is 5.32 Å². The number of hydrogen-bond donors (Lipinski definition) is 2. The third kappa shape index (κ3) is 5.09. The molecule has 0 aliphatic carbocycles. The number of carbonyl (C=O) groups excluding carboxylic acids is 1. The highest BCUT2D eigenvalue weighted by Crippen LogP contribution is 2.29. The highest BCUT2D eigenvalue weighted by molar-refractivity contribution is 5.94. The van der Waals surface area contributed by atoms with Gasteiger partial charge < -0.3 is 10.4 Å². The summed E-state index contributed by atoms with van der Waals surface area (Å²) >= 11 is 0. The average molecular weight is 303 g/mol. The number of carboxylic acid groups (broad SMARTS) is 1. The SMILES string of the molecule is CC(C)C(CC(=O)O)NC(=O)c1cccc(C(F)(F)F)c1. The van der Waals surface area contributed by atoms with Gasteiger partial charge in [-0.3, -0.25) is 9.59 Å². The Balaban J connectivity index is 2.90. The van der Waals surface area contributed by atoms with Crippen LogP contribution in [0.25, 0.3) is 0 Å². The van der Waals surface area contributed by atoms with E-state index in [0.29, 0.717) is 0 Å². The molecule has 0 heterocycles. The number of nitrogens with one attached hydrogen (secondary N) is 1. The Labute approximate surface area is 120 Å². The van der Waals surface area contributed by atoms with Gasteiger partial charge in [-0.2, -0.15) is 13.2 Å². The van der Waals surface area contributed by atoms with Crippen LogP contribution in [0.5, 0.6) is 0 Å². The third-order valence-electron chi connectivity index (χ3n) is 2.97. The predicted octanol–water partition coefficient (Wildman–Crippen LogP) is 2.93. The molecule has 0 saturated heterocycles. The molecule has 0 aliphatic rings. The van der Waals surface area contributed by atoms with E-state index < -0.39 is 29.7 Å². The number of hydrogen-bond acceptors (Lipinski definition) is 2. The van der Waals surface area contributed by atoms with E-state index in [-0.39, 0.29) is 17.9 Å². The Bertz CT molecular complexity index is 526. The zero-order chi connectivity index (χ0) is 16.2.